The van der Waals surface area contributed by atoms with Crippen molar-refractivity contribution >= 4 is 11.5 Å². The van der Waals surface area contributed by atoms with Crippen molar-refractivity contribution in [2.24, 2.45) is 0 Å². The summed E-state index contributed by atoms with van der Waals surface area (Å²) in [7, 11) is 0. The van der Waals surface area contributed by atoms with Crippen LogP contribution in [0.5, 0.6) is 0 Å². The molecule has 0 aliphatic rings. The van der Waals surface area contributed by atoms with Gasteiger partial charge in [0.25, 0.3) is 0 Å². The number of aromatic nitrogens is 6. The molecule has 0 saturated heterocycles. The predicted octanol–water partition coefficient (Wildman–Crippen LogP) is 2.86. The van der Waals surface area contributed by atoms with Crippen molar-refractivity contribution in [2.75, 3.05) is 5.32 Å². The summed E-state index contributed by atoms with van der Waals surface area (Å²) in [4.78, 5) is 9.03. The molecular weight excluding hydrogens is 290 g/mol. The third-order valence-corrected chi connectivity index (χ3v) is 3.75. The largest absolute Gasteiger partial charge is 0.360 e. The monoisotopic (exact) mass is 313 g/mol. The van der Waals surface area contributed by atoms with Gasteiger partial charge < -0.3 is 5.32 Å². The maximum atomic E-state index is 4.63. The molecule has 1 atom stereocenters. The zero-order chi connectivity index (χ0) is 16.2. The van der Waals surface area contributed by atoms with E-state index in [1.165, 1.54) is 0 Å². The van der Waals surface area contributed by atoms with Crippen LogP contribution in [0.3, 0.4) is 0 Å². The molecule has 122 valence electrons. The molecule has 3 aromatic heterocycles. The average molecular weight is 313 g/mol. The fourth-order valence-electron chi connectivity index (χ4n) is 2.73. The Morgan fingerprint density at radius 3 is 2.87 bits per heavy atom. The molecule has 0 spiro atoms. The van der Waals surface area contributed by atoms with E-state index < -0.39 is 0 Å². The van der Waals surface area contributed by atoms with Crippen LogP contribution >= 0.6 is 0 Å². The van der Waals surface area contributed by atoms with Gasteiger partial charge in [0.2, 0.25) is 0 Å². The second-order valence-corrected chi connectivity index (χ2v) is 5.69. The lowest BCUT2D eigenvalue weighted by atomic mass is 10.2. The van der Waals surface area contributed by atoms with Gasteiger partial charge in [-0.25, -0.2) is 14.6 Å². The Morgan fingerprint density at radius 2 is 2.09 bits per heavy atom. The summed E-state index contributed by atoms with van der Waals surface area (Å²) in [5, 5.41) is 12.2. The van der Waals surface area contributed by atoms with E-state index >= 15 is 0 Å². The molecule has 3 aromatic rings. The first-order valence-corrected chi connectivity index (χ1v) is 8.20. The molecule has 0 fully saturated rings. The van der Waals surface area contributed by atoms with E-state index in [0.29, 0.717) is 0 Å². The number of fused-ring (bicyclic) bond motifs is 1. The van der Waals surface area contributed by atoms with Gasteiger partial charge in [-0.3, -0.25) is 0 Å². The Bertz CT molecular complexity index is 774. The number of nitrogens with one attached hydrogen (secondary N) is 1. The fraction of sp³-hybridized carbons (Fsp3) is 0.500. The standard InChI is InChI=1S/C16H23N7/c1-4-6-13-10-15(23-14(21-13)7-8-18-23)20-12(3)16-17-11-19-22(16)9-5-2/h7-8,10-12,20H,4-6,9H2,1-3H3/t12-/m0/s1. The summed E-state index contributed by atoms with van der Waals surface area (Å²) in [5.74, 6) is 1.86. The molecule has 0 bridgehead atoms. The number of nitrogens with zero attached hydrogens (tertiary/aromatic N) is 6. The molecule has 0 amide bonds. The highest BCUT2D eigenvalue weighted by molar-refractivity contribution is 5.49. The van der Waals surface area contributed by atoms with Crippen molar-refractivity contribution < 1.29 is 0 Å². The van der Waals surface area contributed by atoms with Crippen LogP contribution in [0.1, 0.15) is 51.2 Å². The molecule has 0 aliphatic heterocycles. The van der Waals surface area contributed by atoms with Crippen LogP contribution in [-0.4, -0.2) is 29.4 Å². The lowest BCUT2D eigenvalue weighted by Gasteiger charge is -2.17. The summed E-state index contributed by atoms with van der Waals surface area (Å²) in [6.07, 6.45) is 6.44. The molecular formula is C16H23N7. The van der Waals surface area contributed by atoms with Crippen LogP contribution in [-0.2, 0) is 13.0 Å². The number of hydrogen-bond acceptors (Lipinski definition) is 5. The van der Waals surface area contributed by atoms with Crippen LogP contribution in [0.2, 0.25) is 0 Å². The van der Waals surface area contributed by atoms with Crippen molar-refractivity contribution in [1.29, 1.82) is 0 Å². The normalized spacial score (nSPS) is 12.7. The molecule has 0 aromatic carbocycles. The van der Waals surface area contributed by atoms with E-state index in [1.54, 1.807) is 12.5 Å². The Balaban J connectivity index is 1.90. The molecule has 7 heteroatoms. The maximum absolute atomic E-state index is 4.63. The number of rotatable bonds is 7. The summed E-state index contributed by atoms with van der Waals surface area (Å²) in [5.41, 5.74) is 1.94. The first kappa shape index (κ1) is 15.5. The molecule has 0 saturated carbocycles. The van der Waals surface area contributed by atoms with Crippen LogP contribution in [0.15, 0.2) is 24.7 Å². The van der Waals surface area contributed by atoms with E-state index in [0.717, 1.165) is 48.8 Å². The lowest BCUT2D eigenvalue weighted by Crippen LogP contribution is -2.17. The SMILES string of the molecule is CCCc1cc(N[C@@H](C)c2ncnn2CCC)n2nccc2n1. The van der Waals surface area contributed by atoms with Gasteiger partial charge in [0.05, 0.1) is 12.2 Å². The quantitative estimate of drug-likeness (QED) is 0.726. The minimum absolute atomic E-state index is 0.0355. The first-order chi connectivity index (χ1) is 11.2. The highest BCUT2D eigenvalue weighted by Gasteiger charge is 2.15. The predicted molar refractivity (Wildman–Crippen MR) is 89.3 cm³/mol. The molecule has 23 heavy (non-hydrogen) atoms. The van der Waals surface area contributed by atoms with Crippen molar-refractivity contribution in [1.82, 2.24) is 29.4 Å². The van der Waals surface area contributed by atoms with Gasteiger partial charge in [-0.2, -0.15) is 14.7 Å². The molecule has 0 aliphatic carbocycles. The zero-order valence-electron chi connectivity index (χ0n) is 13.9. The molecule has 0 radical (unpaired) electrons. The van der Waals surface area contributed by atoms with E-state index in [4.69, 9.17) is 0 Å². The van der Waals surface area contributed by atoms with Crippen molar-refractivity contribution in [3.05, 3.63) is 36.2 Å². The third-order valence-electron chi connectivity index (χ3n) is 3.75. The second-order valence-electron chi connectivity index (χ2n) is 5.69. The van der Waals surface area contributed by atoms with Gasteiger partial charge in [0.1, 0.15) is 18.0 Å². The molecule has 7 nitrogen and oxygen atoms in total. The highest BCUT2D eigenvalue weighted by atomic mass is 15.4. The smallest absolute Gasteiger partial charge is 0.157 e. The van der Waals surface area contributed by atoms with E-state index in [1.807, 2.05) is 15.3 Å². The Hall–Kier alpha value is -2.44. The summed E-state index contributed by atoms with van der Waals surface area (Å²) in [6, 6.07) is 4.03. The zero-order valence-corrected chi connectivity index (χ0v) is 13.9. The van der Waals surface area contributed by atoms with Gasteiger partial charge in [-0.15, -0.1) is 0 Å². The van der Waals surface area contributed by atoms with Crippen molar-refractivity contribution in [3.63, 3.8) is 0 Å². The first-order valence-electron chi connectivity index (χ1n) is 8.20. The van der Waals surface area contributed by atoms with Gasteiger partial charge in [0.15, 0.2) is 5.65 Å². The average Bonchev–Trinajstić information content (AvgIpc) is 3.17. The molecule has 3 heterocycles. The van der Waals surface area contributed by atoms with Crippen molar-refractivity contribution in [3.8, 4) is 0 Å². The topological polar surface area (TPSA) is 72.9 Å². The van der Waals surface area contributed by atoms with Gasteiger partial charge in [-0.05, 0) is 19.8 Å². The summed E-state index contributed by atoms with van der Waals surface area (Å²) in [6.45, 7) is 7.25. The van der Waals surface area contributed by atoms with E-state index in [9.17, 15) is 0 Å². The Morgan fingerprint density at radius 1 is 1.22 bits per heavy atom. The van der Waals surface area contributed by atoms with Crippen LogP contribution in [0.4, 0.5) is 5.82 Å². The number of aryl methyl sites for hydroxylation is 2. The van der Waals surface area contributed by atoms with Gasteiger partial charge in [0, 0.05) is 24.4 Å². The molecule has 1 N–H and O–H groups in total. The van der Waals surface area contributed by atoms with Gasteiger partial charge >= 0.3 is 0 Å². The van der Waals surface area contributed by atoms with E-state index in [-0.39, 0.29) is 6.04 Å². The van der Waals surface area contributed by atoms with Crippen LogP contribution in [0, 0.1) is 0 Å². The summed E-state index contributed by atoms with van der Waals surface area (Å²) >= 11 is 0. The highest BCUT2D eigenvalue weighted by Crippen LogP contribution is 2.20. The fourth-order valence-corrected chi connectivity index (χ4v) is 2.73. The minimum Gasteiger partial charge on any atom is -0.360 e. The van der Waals surface area contributed by atoms with E-state index in [2.05, 4.69) is 52.3 Å². The van der Waals surface area contributed by atoms with Gasteiger partial charge in [-0.1, -0.05) is 20.3 Å². The number of hydrogen-bond donors (Lipinski definition) is 1. The van der Waals surface area contributed by atoms with Crippen LogP contribution < -0.4 is 5.32 Å². The lowest BCUT2D eigenvalue weighted by molar-refractivity contribution is 0.553. The summed E-state index contributed by atoms with van der Waals surface area (Å²) < 4.78 is 3.78. The van der Waals surface area contributed by atoms with Crippen molar-refractivity contribution in [2.45, 2.75) is 52.6 Å². The Labute approximate surface area is 135 Å². The third kappa shape index (κ3) is 3.18. The number of anilines is 1. The minimum atomic E-state index is 0.0355. The maximum Gasteiger partial charge on any atom is 0.157 e. The Kier molecular flexibility index (Phi) is 4.55. The second kappa shape index (κ2) is 6.76. The van der Waals surface area contributed by atoms with Crippen LogP contribution in [0.25, 0.3) is 5.65 Å². The molecule has 3 rings (SSSR count). The molecule has 0 unspecified atom stereocenters.